The van der Waals surface area contributed by atoms with E-state index in [1.54, 1.807) is 7.11 Å². The van der Waals surface area contributed by atoms with Gasteiger partial charge in [-0.3, -0.25) is 4.79 Å². The van der Waals surface area contributed by atoms with Gasteiger partial charge in [0.2, 0.25) is 5.91 Å². The minimum Gasteiger partial charge on any atom is -0.496 e. The summed E-state index contributed by atoms with van der Waals surface area (Å²) in [6.07, 6.45) is 9.17. The lowest BCUT2D eigenvalue weighted by Crippen LogP contribution is -2.51. The predicted octanol–water partition coefficient (Wildman–Crippen LogP) is 3.94. The molecule has 38 heavy (non-hydrogen) atoms. The molecule has 0 bridgehead atoms. The van der Waals surface area contributed by atoms with Gasteiger partial charge in [-0.05, 0) is 62.9 Å². The fourth-order valence-electron chi connectivity index (χ4n) is 6.12. The first-order valence-corrected chi connectivity index (χ1v) is 14.3. The molecule has 204 valence electrons. The van der Waals surface area contributed by atoms with Gasteiger partial charge in [0, 0.05) is 60.9 Å². The summed E-state index contributed by atoms with van der Waals surface area (Å²) in [6.45, 7) is 6.06. The van der Waals surface area contributed by atoms with Gasteiger partial charge in [-0.15, -0.1) is 0 Å². The van der Waals surface area contributed by atoms with Crippen molar-refractivity contribution in [1.29, 1.82) is 0 Å². The normalized spacial score (nSPS) is 18.1. The summed E-state index contributed by atoms with van der Waals surface area (Å²) >= 11 is 0. The van der Waals surface area contributed by atoms with Crippen LogP contribution in [0.25, 0.3) is 10.9 Å². The number of fused-ring (bicyclic) bond motifs is 1. The second-order valence-electron chi connectivity index (χ2n) is 10.8. The number of methoxy groups -OCH3 is 1. The molecule has 0 radical (unpaired) electrons. The maximum absolute atomic E-state index is 13.2. The third-order valence-corrected chi connectivity index (χ3v) is 8.31. The molecule has 3 aromatic rings. The number of carbonyl (C=O) groups excluding carboxylic acids is 1. The maximum atomic E-state index is 13.2. The van der Waals surface area contributed by atoms with Crippen LogP contribution in [0.4, 0.5) is 0 Å². The molecule has 0 saturated carbocycles. The summed E-state index contributed by atoms with van der Waals surface area (Å²) < 4.78 is 5.52. The molecule has 3 N–H and O–H groups in total. The Morgan fingerprint density at radius 1 is 1.00 bits per heavy atom. The van der Waals surface area contributed by atoms with Crippen molar-refractivity contribution in [1.82, 2.24) is 25.4 Å². The number of ether oxygens (including phenoxy) is 1. The molecule has 2 saturated heterocycles. The van der Waals surface area contributed by atoms with Gasteiger partial charge < -0.3 is 30.2 Å². The minimum absolute atomic E-state index is 0.124. The molecule has 7 heteroatoms. The van der Waals surface area contributed by atoms with E-state index in [0.29, 0.717) is 19.1 Å². The van der Waals surface area contributed by atoms with Crippen molar-refractivity contribution >= 4 is 16.8 Å². The van der Waals surface area contributed by atoms with Gasteiger partial charge in [0.25, 0.3) is 0 Å². The number of hydrogen-bond donors (Lipinski definition) is 3. The van der Waals surface area contributed by atoms with Crippen LogP contribution in [0.15, 0.2) is 54.7 Å². The van der Waals surface area contributed by atoms with Gasteiger partial charge >= 0.3 is 0 Å². The number of likely N-dealkylation sites (tertiary alicyclic amines) is 2. The standard InChI is InChI=1S/C31H43N5O2/c1-38-30-12-6-3-9-24(30)20-32-22-26(19-25-21-34-29-11-5-4-10-28(25)29)33-23-31(37)36-17-13-27(14-18-36)35-15-7-2-8-16-35/h3-6,9-12,21,26-27,32-34H,2,7-8,13-20,22-23H2,1H3. The third-order valence-electron chi connectivity index (χ3n) is 8.31. The van der Waals surface area contributed by atoms with Crippen LogP contribution in [0.1, 0.15) is 43.2 Å². The summed E-state index contributed by atoms with van der Waals surface area (Å²) in [6, 6.07) is 17.3. The van der Waals surface area contributed by atoms with Crippen LogP contribution in [0.5, 0.6) is 5.75 Å². The zero-order valence-corrected chi connectivity index (χ0v) is 22.8. The Kier molecular flexibility index (Phi) is 9.33. The van der Waals surface area contributed by atoms with E-state index in [1.165, 1.54) is 43.3 Å². The molecule has 1 atom stereocenters. The number of aromatic amines is 1. The summed E-state index contributed by atoms with van der Waals surface area (Å²) in [5.74, 6) is 1.11. The lowest BCUT2D eigenvalue weighted by molar-refractivity contribution is -0.132. The highest BCUT2D eigenvalue weighted by atomic mass is 16.5. The second kappa shape index (κ2) is 13.3. The number of benzene rings is 2. The van der Waals surface area contributed by atoms with Crippen molar-refractivity contribution in [3.05, 3.63) is 65.9 Å². The quantitative estimate of drug-likeness (QED) is 0.359. The topological polar surface area (TPSA) is 72.6 Å². The van der Waals surface area contributed by atoms with Crippen molar-refractivity contribution in [2.24, 2.45) is 0 Å². The number of aromatic nitrogens is 1. The molecule has 1 amide bonds. The molecule has 1 aromatic heterocycles. The first kappa shape index (κ1) is 26.7. The van der Waals surface area contributed by atoms with Crippen molar-refractivity contribution in [2.75, 3.05) is 46.4 Å². The Bertz CT molecular complexity index is 1160. The number of piperidine rings is 2. The Balaban J connectivity index is 1.17. The molecule has 2 aliphatic heterocycles. The molecule has 3 heterocycles. The summed E-state index contributed by atoms with van der Waals surface area (Å²) in [4.78, 5) is 21.3. The lowest BCUT2D eigenvalue weighted by atomic mass is 10.00. The molecule has 2 fully saturated rings. The van der Waals surface area contributed by atoms with Crippen molar-refractivity contribution in [3.63, 3.8) is 0 Å². The van der Waals surface area contributed by atoms with Gasteiger partial charge in [-0.2, -0.15) is 0 Å². The Labute approximate surface area is 226 Å². The molecule has 1 unspecified atom stereocenters. The van der Waals surface area contributed by atoms with Crippen LogP contribution >= 0.6 is 0 Å². The summed E-state index contributed by atoms with van der Waals surface area (Å²) in [7, 11) is 1.71. The van der Waals surface area contributed by atoms with Crippen LogP contribution in [0, 0.1) is 0 Å². The average molecular weight is 518 g/mol. The highest BCUT2D eigenvalue weighted by molar-refractivity contribution is 5.83. The van der Waals surface area contributed by atoms with E-state index in [0.717, 1.165) is 55.7 Å². The SMILES string of the molecule is COc1ccccc1CNCC(Cc1c[nH]c2ccccc12)NCC(=O)N1CCC(N2CCCCC2)CC1. The number of para-hydroxylation sites is 2. The van der Waals surface area contributed by atoms with Crippen LogP contribution in [-0.2, 0) is 17.8 Å². The summed E-state index contributed by atoms with van der Waals surface area (Å²) in [5, 5.41) is 8.44. The highest BCUT2D eigenvalue weighted by Gasteiger charge is 2.27. The van der Waals surface area contributed by atoms with Gasteiger partial charge in [0.15, 0.2) is 0 Å². The van der Waals surface area contributed by atoms with Crippen LogP contribution in [-0.4, -0.2) is 79.2 Å². The Hall–Kier alpha value is -2.87. The molecular weight excluding hydrogens is 474 g/mol. The monoisotopic (exact) mass is 517 g/mol. The first-order valence-electron chi connectivity index (χ1n) is 14.3. The number of nitrogens with zero attached hydrogens (tertiary/aromatic N) is 2. The first-order chi connectivity index (χ1) is 18.7. The minimum atomic E-state index is 0.124. The molecule has 0 spiro atoms. The fraction of sp³-hybridized carbons (Fsp3) is 0.516. The van der Waals surface area contributed by atoms with Gasteiger partial charge in [0.1, 0.15) is 5.75 Å². The van der Waals surface area contributed by atoms with Gasteiger partial charge in [-0.25, -0.2) is 0 Å². The molecule has 5 rings (SSSR count). The number of H-pyrrole nitrogens is 1. The molecule has 2 aliphatic rings. The van der Waals surface area contributed by atoms with E-state index in [1.807, 2.05) is 18.2 Å². The molecule has 7 nitrogen and oxygen atoms in total. The van der Waals surface area contributed by atoms with Gasteiger partial charge in [-0.1, -0.05) is 42.8 Å². The van der Waals surface area contributed by atoms with Crippen molar-refractivity contribution < 1.29 is 9.53 Å². The average Bonchev–Trinajstić information content (AvgIpc) is 3.39. The van der Waals surface area contributed by atoms with Gasteiger partial charge in [0.05, 0.1) is 13.7 Å². The Morgan fingerprint density at radius 2 is 1.76 bits per heavy atom. The van der Waals surface area contributed by atoms with E-state index in [2.05, 4.69) is 61.9 Å². The number of hydrogen-bond acceptors (Lipinski definition) is 5. The van der Waals surface area contributed by atoms with Crippen molar-refractivity contribution in [3.8, 4) is 5.75 Å². The van der Waals surface area contributed by atoms with E-state index in [9.17, 15) is 4.79 Å². The number of nitrogens with one attached hydrogen (secondary N) is 3. The smallest absolute Gasteiger partial charge is 0.236 e. The van der Waals surface area contributed by atoms with E-state index in [4.69, 9.17) is 4.74 Å². The summed E-state index contributed by atoms with van der Waals surface area (Å²) in [5.41, 5.74) is 3.55. The van der Waals surface area contributed by atoms with E-state index in [-0.39, 0.29) is 11.9 Å². The van der Waals surface area contributed by atoms with Crippen LogP contribution < -0.4 is 15.4 Å². The Morgan fingerprint density at radius 3 is 2.58 bits per heavy atom. The second-order valence-corrected chi connectivity index (χ2v) is 10.8. The lowest BCUT2D eigenvalue weighted by Gasteiger charge is -2.40. The van der Waals surface area contributed by atoms with Crippen molar-refractivity contribution in [2.45, 2.75) is 57.2 Å². The highest BCUT2D eigenvalue weighted by Crippen LogP contribution is 2.22. The molecule has 0 aliphatic carbocycles. The zero-order valence-electron chi connectivity index (χ0n) is 22.8. The van der Waals surface area contributed by atoms with E-state index >= 15 is 0 Å². The van der Waals surface area contributed by atoms with E-state index < -0.39 is 0 Å². The fourth-order valence-corrected chi connectivity index (χ4v) is 6.12. The maximum Gasteiger partial charge on any atom is 0.236 e. The predicted molar refractivity (Wildman–Crippen MR) is 154 cm³/mol. The zero-order chi connectivity index (χ0) is 26.2. The van der Waals surface area contributed by atoms with Crippen LogP contribution in [0.3, 0.4) is 0 Å². The van der Waals surface area contributed by atoms with Crippen LogP contribution in [0.2, 0.25) is 0 Å². The number of carbonyl (C=O) groups is 1. The third kappa shape index (κ3) is 6.76. The number of rotatable bonds is 11. The molecule has 2 aromatic carbocycles. The number of amides is 1. The molecular formula is C31H43N5O2. The largest absolute Gasteiger partial charge is 0.496 e.